The van der Waals surface area contributed by atoms with Crippen LogP contribution in [0.25, 0.3) is 17.4 Å². The third-order valence-electron chi connectivity index (χ3n) is 4.04. The molecule has 26 heavy (non-hydrogen) atoms. The summed E-state index contributed by atoms with van der Waals surface area (Å²) in [5, 5.41) is 0.397. The van der Waals surface area contributed by atoms with Crippen LogP contribution in [-0.4, -0.2) is 34.4 Å². The van der Waals surface area contributed by atoms with Crippen molar-refractivity contribution < 1.29 is 22.4 Å². The van der Waals surface area contributed by atoms with Gasteiger partial charge >= 0.3 is 6.18 Å². The van der Waals surface area contributed by atoms with Gasteiger partial charge in [-0.2, -0.15) is 13.2 Å². The van der Waals surface area contributed by atoms with Crippen molar-refractivity contribution in [2.24, 2.45) is 0 Å². The lowest BCUT2D eigenvalue weighted by molar-refractivity contribution is -0.137. The van der Waals surface area contributed by atoms with Crippen molar-refractivity contribution in [1.29, 1.82) is 0 Å². The van der Waals surface area contributed by atoms with Gasteiger partial charge in [-0.15, -0.1) is 0 Å². The van der Waals surface area contributed by atoms with E-state index in [0.717, 1.165) is 12.1 Å². The second-order valence-corrected chi connectivity index (χ2v) is 6.07. The highest BCUT2D eigenvalue weighted by Gasteiger charge is 2.34. The summed E-state index contributed by atoms with van der Waals surface area (Å²) in [5.74, 6) is 0.399. The van der Waals surface area contributed by atoms with Gasteiger partial charge in [-0.05, 0) is 43.4 Å². The fourth-order valence-electron chi connectivity index (χ4n) is 2.66. The van der Waals surface area contributed by atoms with Crippen molar-refractivity contribution >= 4 is 29.3 Å². The SMILES string of the molecule is CCN1C(=O)C(=Cc2ccc(-c3cccc(C(F)(F)F)c3)o2)N(C)C1=S. The van der Waals surface area contributed by atoms with E-state index in [-0.39, 0.29) is 11.7 Å². The van der Waals surface area contributed by atoms with Gasteiger partial charge in [0.2, 0.25) is 0 Å². The number of hydrogen-bond donors (Lipinski definition) is 0. The zero-order valence-electron chi connectivity index (χ0n) is 14.0. The summed E-state index contributed by atoms with van der Waals surface area (Å²) in [4.78, 5) is 15.4. The van der Waals surface area contributed by atoms with E-state index in [1.165, 1.54) is 23.1 Å². The first-order chi connectivity index (χ1) is 12.2. The van der Waals surface area contributed by atoms with Gasteiger partial charge in [0.25, 0.3) is 5.91 Å². The lowest BCUT2D eigenvalue weighted by Gasteiger charge is -2.13. The normalized spacial score (nSPS) is 16.9. The van der Waals surface area contributed by atoms with Gasteiger partial charge < -0.3 is 9.32 Å². The predicted octanol–water partition coefficient (Wildman–Crippen LogP) is 4.39. The number of carbonyl (C=O) groups excluding carboxylic acids is 1. The largest absolute Gasteiger partial charge is 0.457 e. The van der Waals surface area contributed by atoms with E-state index in [4.69, 9.17) is 16.6 Å². The van der Waals surface area contributed by atoms with Crippen molar-refractivity contribution in [1.82, 2.24) is 9.80 Å². The Kier molecular flexibility index (Phi) is 4.62. The molecule has 0 spiro atoms. The van der Waals surface area contributed by atoms with Crippen molar-refractivity contribution in [3.63, 3.8) is 0 Å². The van der Waals surface area contributed by atoms with Gasteiger partial charge in [-0.25, -0.2) is 0 Å². The molecule has 1 amide bonds. The molecule has 136 valence electrons. The molecular weight excluding hydrogens is 365 g/mol. The minimum absolute atomic E-state index is 0.239. The van der Waals surface area contributed by atoms with Crippen LogP contribution >= 0.6 is 12.2 Å². The van der Waals surface area contributed by atoms with Crippen LogP contribution in [0.15, 0.2) is 46.5 Å². The van der Waals surface area contributed by atoms with Crippen LogP contribution in [0.5, 0.6) is 0 Å². The molecule has 1 aromatic heterocycles. The number of rotatable bonds is 3. The van der Waals surface area contributed by atoms with Gasteiger partial charge in [0.1, 0.15) is 17.2 Å². The average molecular weight is 380 g/mol. The number of nitrogens with zero attached hydrogens (tertiary/aromatic N) is 2. The van der Waals surface area contributed by atoms with E-state index < -0.39 is 11.7 Å². The van der Waals surface area contributed by atoms with Crippen LogP contribution in [0, 0.1) is 0 Å². The number of benzene rings is 1. The van der Waals surface area contributed by atoms with Crippen LogP contribution in [-0.2, 0) is 11.0 Å². The number of furan rings is 1. The molecule has 0 aliphatic carbocycles. The molecule has 1 aliphatic heterocycles. The Morgan fingerprint density at radius 3 is 2.58 bits per heavy atom. The second-order valence-electron chi connectivity index (χ2n) is 5.70. The number of carbonyl (C=O) groups is 1. The van der Waals surface area contributed by atoms with Crippen molar-refractivity contribution in [3.8, 4) is 11.3 Å². The molecule has 1 saturated heterocycles. The molecule has 4 nitrogen and oxygen atoms in total. The maximum Gasteiger partial charge on any atom is 0.416 e. The van der Waals surface area contributed by atoms with Gasteiger partial charge in [-0.1, -0.05) is 12.1 Å². The molecule has 2 heterocycles. The van der Waals surface area contributed by atoms with Gasteiger partial charge in [0.15, 0.2) is 5.11 Å². The standard InChI is InChI=1S/C18H15F3N2O2S/c1-3-23-16(24)14(22(2)17(23)26)10-13-7-8-15(25-13)11-5-4-6-12(9-11)18(19,20)21/h4-10H,3H2,1-2H3. The van der Waals surface area contributed by atoms with Crippen molar-refractivity contribution in [3.05, 3.63) is 53.4 Å². The summed E-state index contributed by atoms with van der Waals surface area (Å²) in [6.45, 7) is 2.27. The van der Waals surface area contributed by atoms with Gasteiger partial charge in [0.05, 0.1) is 5.56 Å². The fraction of sp³-hybridized carbons (Fsp3) is 0.222. The van der Waals surface area contributed by atoms with E-state index in [1.54, 1.807) is 24.1 Å². The maximum atomic E-state index is 12.9. The number of hydrogen-bond acceptors (Lipinski definition) is 3. The molecule has 0 atom stereocenters. The zero-order valence-corrected chi connectivity index (χ0v) is 14.8. The highest BCUT2D eigenvalue weighted by molar-refractivity contribution is 7.80. The molecule has 3 rings (SSSR count). The molecule has 0 radical (unpaired) electrons. The summed E-state index contributed by atoms with van der Waals surface area (Å²) in [6.07, 6.45) is -2.90. The van der Waals surface area contributed by atoms with Crippen molar-refractivity contribution in [2.75, 3.05) is 13.6 Å². The quantitative estimate of drug-likeness (QED) is 0.585. The Labute approximate surface area is 153 Å². The highest BCUT2D eigenvalue weighted by atomic mass is 32.1. The number of thiocarbonyl (C=S) groups is 1. The van der Waals surface area contributed by atoms with E-state index in [0.29, 0.717) is 28.7 Å². The summed E-state index contributed by atoms with van der Waals surface area (Å²) < 4.78 is 44.2. The van der Waals surface area contributed by atoms with Crippen LogP contribution < -0.4 is 0 Å². The summed E-state index contributed by atoms with van der Waals surface area (Å²) in [7, 11) is 1.68. The van der Waals surface area contributed by atoms with E-state index in [1.807, 2.05) is 6.92 Å². The van der Waals surface area contributed by atoms with Crippen LogP contribution in [0.1, 0.15) is 18.2 Å². The highest BCUT2D eigenvalue weighted by Crippen LogP contribution is 2.33. The molecule has 0 bridgehead atoms. The lowest BCUT2D eigenvalue weighted by Crippen LogP contribution is -2.30. The Hall–Kier alpha value is -2.61. The maximum absolute atomic E-state index is 12.9. The molecule has 0 N–H and O–H groups in total. The Bertz CT molecular complexity index is 902. The third-order valence-corrected chi connectivity index (χ3v) is 4.53. The van der Waals surface area contributed by atoms with Crippen molar-refractivity contribution in [2.45, 2.75) is 13.1 Å². The minimum atomic E-state index is -4.42. The molecule has 0 unspecified atom stereocenters. The predicted molar refractivity (Wildman–Crippen MR) is 94.9 cm³/mol. The van der Waals surface area contributed by atoms with E-state index >= 15 is 0 Å². The number of alkyl halides is 3. The summed E-state index contributed by atoms with van der Waals surface area (Å²) >= 11 is 5.22. The first-order valence-corrected chi connectivity index (χ1v) is 8.22. The Balaban J connectivity index is 1.92. The second kappa shape index (κ2) is 6.60. The Morgan fingerprint density at radius 2 is 1.96 bits per heavy atom. The molecule has 0 saturated carbocycles. The number of likely N-dealkylation sites (N-methyl/N-ethyl adjacent to an activating group) is 2. The van der Waals surface area contributed by atoms with E-state index in [9.17, 15) is 18.0 Å². The van der Waals surface area contributed by atoms with Crippen LogP contribution in [0.2, 0.25) is 0 Å². The smallest absolute Gasteiger partial charge is 0.416 e. The summed E-state index contributed by atoms with van der Waals surface area (Å²) in [6, 6.07) is 8.05. The first kappa shape index (κ1) is 18.2. The monoisotopic (exact) mass is 380 g/mol. The molecule has 1 aromatic carbocycles. The minimum Gasteiger partial charge on any atom is -0.457 e. The van der Waals surface area contributed by atoms with Gasteiger partial charge in [0, 0.05) is 25.2 Å². The molecule has 1 fully saturated rings. The van der Waals surface area contributed by atoms with E-state index in [2.05, 4.69) is 0 Å². The van der Waals surface area contributed by atoms with Crippen LogP contribution in [0.4, 0.5) is 13.2 Å². The fourth-order valence-corrected chi connectivity index (χ4v) is 2.97. The molecule has 8 heteroatoms. The zero-order chi connectivity index (χ0) is 19.1. The number of halogens is 3. The van der Waals surface area contributed by atoms with Crippen LogP contribution in [0.3, 0.4) is 0 Å². The topological polar surface area (TPSA) is 36.7 Å². The number of amides is 1. The molecule has 2 aromatic rings. The lowest BCUT2D eigenvalue weighted by atomic mass is 10.1. The third kappa shape index (κ3) is 3.24. The molecular formula is C18H15F3N2O2S. The average Bonchev–Trinajstić information content (AvgIpc) is 3.14. The Morgan fingerprint density at radius 1 is 1.23 bits per heavy atom. The molecule has 1 aliphatic rings. The first-order valence-electron chi connectivity index (χ1n) is 7.81. The van der Waals surface area contributed by atoms with Gasteiger partial charge in [-0.3, -0.25) is 9.69 Å². The summed E-state index contributed by atoms with van der Waals surface area (Å²) in [5.41, 5.74) is -0.0935.